The molecule has 1 aliphatic heterocycles. The molecule has 3 rings (SSSR count). The number of ketones is 1. The monoisotopic (exact) mass is 300 g/mol. The summed E-state index contributed by atoms with van der Waals surface area (Å²) in [6.07, 6.45) is 2.78. The summed E-state index contributed by atoms with van der Waals surface area (Å²) >= 11 is 0. The number of aryl methyl sites for hydroxylation is 3. The van der Waals surface area contributed by atoms with Gasteiger partial charge in [0, 0.05) is 13.2 Å². The van der Waals surface area contributed by atoms with E-state index < -0.39 is 12.0 Å². The minimum Gasteiger partial charge on any atom is -0.388 e. The molecule has 2 aliphatic rings. The lowest BCUT2D eigenvalue weighted by atomic mass is 9.84. The van der Waals surface area contributed by atoms with Crippen LogP contribution < -0.4 is 0 Å². The minimum absolute atomic E-state index is 0.0384. The van der Waals surface area contributed by atoms with Gasteiger partial charge in [-0.3, -0.25) is 4.79 Å². The Bertz CT molecular complexity index is 601. The van der Waals surface area contributed by atoms with Crippen LogP contribution in [0, 0.1) is 26.7 Å². The third-order valence-corrected chi connectivity index (χ3v) is 4.93. The van der Waals surface area contributed by atoms with Gasteiger partial charge in [-0.05, 0) is 67.9 Å². The fourth-order valence-electron chi connectivity index (χ4n) is 3.97. The van der Waals surface area contributed by atoms with E-state index in [-0.39, 0.29) is 5.78 Å². The van der Waals surface area contributed by atoms with Crippen molar-refractivity contribution < 1.29 is 14.6 Å². The number of hydrogen-bond acceptors (Lipinski definition) is 3. The SMILES string of the molecule is Cc1cc(C)c(C2C(=O)C=C(CC3CCOC3)C2O)c(C)c1. The molecule has 1 aromatic carbocycles. The molecule has 1 aromatic rings. The summed E-state index contributed by atoms with van der Waals surface area (Å²) in [5.74, 6) is 0.0436. The molecule has 3 nitrogen and oxygen atoms in total. The summed E-state index contributed by atoms with van der Waals surface area (Å²) in [6, 6.07) is 4.18. The smallest absolute Gasteiger partial charge is 0.166 e. The maximum atomic E-state index is 12.5. The standard InChI is InChI=1S/C19H24O3/c1-11-6-12(2)17(13(3)7-11)18-16(20)9-15(19(18)21)8-14-4-5-22-10-14/h6-7,9,14,18-19,21H,4-5,8,10H2,1-3H3. The summed E-state index contributed by atoms with van der Waals surface area (Å²) in [5, 5.41) is 10.7. The lowest BCUT2D eigenvalue weighted by Gasteiger charge is -2.22. The number of allylic oxidation sites excluding steroid dienone is 1. The average molecular weight is 300 g/mol. The van der Waals surface area contributed by atoms with Crippen molar-refractivity contribution >= 4 is 5.78 Å². The van der Waals surface area contributed by atoms with Gasteiger partial charge in [-0.15, -0.1) is 0 Å². The molecule has 0 aromatic heterocycles. The Hall–Kier alpha value is -1.45. The van der Waals surface area contributed by atoms with Crippen LogP contribution in [-0.2, 0) is 9.53 Å². The summed E-state index contributed by atoms with van der Waals surface area (Å²) in [6.45, 7) is 7.64. The van der Waals surface area contributed by atoms with Gasteiger partial charge in [0.2, 0.25) is 0 Å². The highest BCUT2D eigenvalue weighted by molar-refractivity contribution is 6.00. The zero-order chi connectivity index (χ0) is 15.9. The van der Waals surface area contributed by atoms with Crippen molar-refractivity contribution in [1.82, 2.24) is 0 Å². The molecule has 0 saturated carbocycles. The Morgan fingerprint density at radius 1 is 1.23 bits per heavy atom. The van der Waals surface area contributed by atoms with E-state index >= 15 is 0 Å². The van der Waals surface area contributed by atoms with Gasteiger partial charge in [-0.1, -0.05) is 17.7 Å². The number of hydrogen-bond donors (Lipinski definition) is 1. The van der Waals surface area contributed by atoms with Crippen molar-refractivity contribution in [2.24, 2.45) is 5.92 Å². The van der Waals surface area contributed by atoms with Crippen LogP contribution in [-0.4, -0.2) is 30.2 Å². The Morgan fingerprint density at radius 2 is 1.91 bits per heavy atom. The largest absolute Gasteiger partial charge is 0.388 e. The third-order valence-electron chi connectivity index (χ3n) is 4.93. The number of ether oxygens (including phenoxy) is 1. The molecule has 0 bridgehead atoms. The Kier molecular flexibility index (Phi) is 4.20. The predicted octanol–water partition coefficient (Wildman–Crippen LogP) is 2.99. The van der Waals surface area contributed by atoms with E-state index in [0.29, 0.717) is 5.92 Å². The lowest BCUT2D eigenvalue weighted by Crippen LogP contribution is -2.23. The molecule has 1 N–H and O–H groups in total. The third kappa shape index (κ3) is 2.75. The molecule has 0 spiro atoms. The van der Waals surface area contributed by atoms with Crippen molar-refractivity contribution in [2.75, 3.05) is 13.2 Å². The fraction of sp³-hybridized carbons (Fsp3) is 0.526. The molecule has 118 valence electrons. The topological polar surface area (TPSA) is 46.5 Å². The van der Waals surface area contributed by atoms with Crippen LogP contribution in [0.2, 0.25) is 0 Å². The van der Waals surface area contributed by atoms with Gasteiger partial charge < -0.3 is 9.84 Å². The molecule has 0 amide bonds. The van der Waals surface area contributed by atoms with E-state index in [1.807, 2.05) is 13.8 Å². The van der Waals surface area contributed by atoms with Crippen molar-refractivity contribution in [3.05, 3.63) is 46.0 Å². The van der Waals surface area contributed by atoms with Crippen molar-refractivity contribution in [1.29, 1.82) is 0 Å². The molecule has 3 unspecified atom stereocenters. The predicted molar refractivity (Wildman–Crippen MR) is 86.0 cm³/mol. The zero-order valence-electron chi connectivity index (χ0n) is 13.6. The zero-order valence-corrected chi connectivity index (χ0v) is 13.6. The number of benzene rings is 1. The van der Waals surface area contributed by atoms with Crippen LogP contribution in [0.4, 0.5) is 0 Å². The molecule has 3 heteroatoms. The summed E-state index contributed by atoms with van der Waals surface area (Å²) < 4.78 is 5.40. The minimum atomic E-state index is -0.687. The van der Waals surface area contributed by atoms with Gasteiger partial charge in [0.25, 0.3) is 0 Å². The van der Waals surface area contributed by atoms with E-state index in [2.05, 4.69) is 19.1 Å². The first kappa shape index (κ1) is 15.4. The van der Waals surface area contributed by atoms with Gasteiger partial charge in [0.15, 0.2) is 5.78 Å². The maximum Gasteiger partial charge on any atom is 0.166 e. The highest BCUT2D eigenvalue weighted by atomic mass is 16.5. The second-order valence-corrected chi connectivity index (χ2v) is 6.79. The lowest BCUT2D eigenvalue weighted by molar-refractivity contribution is -0.116. The first-order valence-corrected chi connectivity index (χ1v) is 8.05. The molecule has 3 atom stereocenters. The van der Waals surface area contributed by atoms with Gasteiger partial charge in [0.05, 0.1) is 12.0 Å². The first-order valence-electron chi connectivity index (χ1n) is 8.05. The molecule has 1 aliphatic carbocycles. The van der Waals surface area contributed by atoms with Crippen molar-refractivity contribution in [2.45, 2.75) is 45.6 Å². The fourth-order valence-corrected chi connectivity index (χ4v) is 3.97. The Labute approximate surface area is 132 Å². The van der Waals surface area contributed by atoms with Crippen LogP contribution in [0.1, 0.15) is 41.0 Å². The second-order valence-electron chi connectivity index (χ2n) is 6.79. The van der Waals surface area contributed by atoms with Gasteiger partial charge in [-0.2, -0.15) is 0 Å². The molecular formula is C19H24O3. The van der Waals surface area contributed by atoms with Crippen LogP contribution in [0.25, 0.3) is 0 Å². The van der Waals surface area contributed by atoms with Crippen LogP contribution in [0.3, 0.4) is 0 Å². The highest BCUT2D eigenvalue weighted by Gasteiger charge is 2.38. The maximum absolute atomic E-state index is 12.5. The van der Waals surface area contributed by atoms with Gasteiger partial charge >= 0.3 is 0 Å². The molecule has 1 saturated heterocycles. The van der Waals surface area contributed by atoms with Crippen LogP contribution >= 0.6 is 0 Å². The number of aliphatic hydroxyl groups excluding tert-OH is 1. The van der Waals surface area contributed by atoms with E-state index in [0.717, 1.165) is 48.3 Å². The van der Waals surface area contributed by atoms with E-state index in [4.69, 9.17) is 4.74 Å². The number of aliphatic hydroxyl groups is 1. The summed E-state index contributed by atoms with van der Waals surface area (Å²) in [7, 11) is 0. The van der Waals surface area contributed by atoms with Gasteiger partial charge in [-0.25, -0.2) is 0 Å². The molecule has 22 heavy (non-hydrogen) atoms. The van der Waals surface area contributed by atoms with Gasteiger partial charge in [0.1, 0.15) is 0 Å². The molecule has 0 radical (unpaired) electrons. The molecular weight excluding hydrogens is 276 g/mol. The van der Waals surface area contributed by atoms with E-state index in [1.54, 1.807) is 6.08 Å². The normalized spacial score (nSPS) is 28.3. The van der Waals surface area contributed by atoms with Crippen molar-refractivity contribution in [3.63, 3.8) is 0 Å². The van der Waals surface area contributed by atoms with Crippen LogP contribution in [0.5, 0.6) is 0 Å². The number of rotatable bonds is 3. The second kappa shape index (κ2) is 5.98. The molecule has 1 heterocycles. The average Bonchev–Trinajstić information content (AvgIpc) is 3.02. The number of carbonyl (C=O) groups excluding carboxylic acids is 1. The van der Waals surface area contributed by atoms with E-state index in [9.17, 15) is 9.90 Å². The van der Waals surface area contributed by atoms with E-state index in [1.165, 1.54) is 5.56 Å². The van der Waals surface area contributed by atoms with Crippen molar-refractivity contribution in [3.8, 4) is 0 Å². The Balaban J connectivity index is 1.86. The quantitative estimate of drug-likeness (QED) is 0.933. The summed E-state index contributed by atoms with van der Waals surface area (Å²) in [5.41, 5.74) is 5.25. The van der Waals surface area contributed by atoms with Crippen LogP contribution in [0.15, 0.2) is 23.8 Å². The molecule has 1 fully saturated rings. The highest BCUT2D eigenvalue weighted by Crippen LogP contribution is 2.38. The first-order chi connectivity index (χ1) is 10.5. The number of carbonyl (C=O) groups is 1. The Morgan fingerprint density at radius 3 is 2.50 bits per heavy atom. The summed E-state index contributed by atoms with van der Waals surface area (Å²) in [4.78, 5) is 12.5.